The average molecular weight is 511 g/mol. The number of amidine groups is 1. The maximum absolute atomic E-state index is 15.1. The molecule has 4 N–H and O–H groups in total. The first kappa shape index (κ1) is 27.1. The maximum Gasteiger partial charge on any atom is 0.323 e. The van der Waals surface area contributed by atoms with Gasteiger partial charge in [-0.25, -0.2) is 4.39 Å². The zero-order valence-corrected chi connectivity index (χ0v) is 20.5. The molecule has 0 spiro atoms. The Hall–Kier alpha value is -4.51. The van der Waals surface area contributed by atoms with E-state index in [4.69, 9.17) is 30.1 Å². The van der Waals surface area contributed by atoms with Crippen LogP contribution in [-0.4, -0.2) is 36.4 Å². The van der Waals surface area contributed by atoms with Gasteiger partial charge in [0.2, 0.25) is 0 Å². The number of nitrogens with one attached hydrogen (secondary N) is 2. The van der Waals surface area contributed by atoms with Crippen molar-refractivity contribution in [2.24, 2.45) is 5.73 Å². The lowest BCUT2D eigenvalue weighted by atomic mass is 10.0. The number of halogens is 1. The van der Waals surface area contributed by atoms with Crippen LogP contribution in [0.15, 0.2) is 60.9 Å². The first-order valence-corrected chi connectivity index (χ1v) is 11.2. The molecule has 0 saturated carbocycles. The molecule has 1 unspecified atom stereocenters. The molecule has 0 fully saturated rings. The van der Waals surface area contributed by atoms with E-state index >= 15 is 4.39 Å². The summed E-state index contributed by atoms with van der Waals surface area (Å²) in [7, 11) is 1.37. The monoisotopic (exact) mass is 510 g/mol. The van der Waals surface area contributed by atoms with Crippen LogP contribution in [0.4, 0.5) is 4.39 Å². The Balaban J connectivity index is 1.97. The standard InChI is InChI=1S/C26H27FN4O6/c1-4-35-26(37-16(2)32,21-10-9-19(34-3)13-22(21)27)25(33)31-14-18-8-7-17(24(28)29)12-23(18)36-20-6-5-11-30-15-20/h5-13,15H,4,14H2,1-3H3,(H3,28,29)(H,31,33). The van der Waals surface area contributed by atoms with Gasteiger partial charge in [-0.15, -0.1) is 0 Å². The number of hydrogen-bond donors (Lipinski definition) is 3. The van der Waals surface area contributed by atoms with Crippen LogP contribution in [0.3, 0.4) is 0 Å². The smallest absolute Gasteiger partial charge is 0.323 e. The van der Waals surface area contributed by atoms with Crippen molar-refractivity contribution in [2.45, 2.75) is 26.2 Å². The third-order valence-corrected chi connectivity index (χ3v) is 5.14. The van der Waals surface area contributed by atoms with E-state index in [1.807, 2.05) is 0 Å². The number of rotatable bonds is 11. The number of amides is 1. The summed E-state index contributed by atoms with van der Waals surface area (Å²) in [5.74, 6) is -4.30. The van der Waals surface area contributed by atoms with Crippen molar-refractivity contribution in [3.63, 3.8) is 0 Å². The van der Waals surface area contributed by atoms with Gasteiger partial charge >= 0.3 is 11.8 Å². The number of hydrogen-bond acceptors (Lipinski definition) is 8. The Morgan fingerprint density at radius 1 is 1.16 bits per heavy atom. The van der Waals surface area contributed by atoms with Crippen molar-refractivity contribution >= 4 is 17.7 Å². The second-order valence-electron chi connectivity index (χ2n) is 7.70. The molecule has 3 aromatic rings. The van der Waals surface area contributed by atoms with Crippen LogP contribution in [0.2, 0.25) is 0 Å². The summed E-state index contributed by atoms with van der Waals surface area (Å²) in [5, 5.41) is 10.4. The van der Waals surface area contributed by atoms with Gasteiger partial charge < -0.3 is 30.0 Å². The Labute approximate surface area is 213 Å². The zero-order valence-electron chi connectivity index (χ0n) is 20.5. The van der Waals surface area contributed by atoms with Crippen LogP contribution in [0.1, 0.15) is 30.5 Å². The molecule has 11 heteroatoms. The molecule has 1 atom stereocenters. The predicted octanol–water partition coefficient (Wildman–Crippen LogP) is 3.37. The summed E-state index contributed by atoms with van der Waals surface area (Å²) in [6, 6.07) is 11.8. The van der Waals surface area contributed by atoms with Crippen LogP contribution in [0.5, 0.6) is 17.2 Å². The maximum atomic E-state index is 15.1. The molecule has 2 aromatic carbocycles. The topological polar surface area (TPSA) is 146 Å². The van der Waals surface area contributed by atoms with Gasteiger partial charge in [-0.3, -0.25) is 20.0 Å². The van der Waals surface area contributed by atoms with Gasteiger partial charge in [-0.05, 0) is 37.3 Å². The van der Waals surface area contributed by atoms with Gasteiger partial charge in [0.05, 0.1) is 18.9 Å². The lowest BCUT2D eigenvalue weighted by Crippen LogP contribution is -2.50. The molecular weight excluding hydrogens is 483 g/mol. The van der Waals surface area contributed by atoms with E-state index in [-0.39, 0.29) is 30.3 Å². The summed E-state index contributed by atoms with van der Waals surface area (Å²) < 4.78 is 36.9. The van der Waals surface area contributed by atoms with Crippen molar-refractivity contribution in [3.8, 4) is 17.2 Å². The first-order chi connectivity index (χ1) is 17.7. The van der Waals surface area contributed by atoms with E-state index < -0.39 is 23.5 Å². The SMILES string of the molecule is CCOC(OC(C)=O)(C(=O)NCc1ccc(C(=N)N)cc1Oc1cccnc1)c1ccc(OC)cc1F. The highest BCUT2D eigenvalue weighted by molar-refractivity contribution is 5.95. The number of benzene rings is 2. The molecular formula is C26H27FN4O6. The Kier molecular flexibility index (Phi) is 8.75. The number of ether oxygens (including phenoxy) is 4. The third-order valence-electron chi connectivity index (χ3n) is 5.14. The normalized spacial score (nSPS) is 12.2. The molecule has 194 valence electrons. The number of nitrogens with two attached hydrogens (primary N) is 1. The van der Waals surface area contributed by atoms with Crippen LogP contribution in [0.25, 0.3) is 0 Å². The number of aromatic nitrogens is 1. The van der Waals surface area contributed by atoms with Crippen LogP contribution in [0, 0.1) is 11.2 Å². The van der Waals surface area contributed by atoms with E-state index in [0.29, 0.717) is 22.6 Å². The fourth-order valence-corrected chi connectivity index (χ4v) is 3.48. The van der Waals surface area contributed by atoms with Crippen LogP contribution >= 0.6 is 0 Å². The number of nitrogens with zero attached hydrogens (tertiary/aromatic N) is 1. The fourth-order valence-electron chi connectivity index (χ4n) is 3.48. The second-order valence-corrected chi connectivity index (χ2v) is 7.70. The minimum Gasteiger partial charge on any atom is -0.497 e. The Bertz CT molecular complexity index is 1290. The molecule has 10 nitrogen and oxygen atoms in total. The van der Waals surface area contributed by atoms with E-state index in [2.05, 4.69) is 10.3 Å². The van der Waals surface area contributed by atoms with Crippen molar-refractivity contribution in [2.75, 3.05) is 13.7 Å². The quantitative estimate of drug-likeness (QED) is 0.154. The second kappa shape index (κ2) is 12.0. The third kappa shape index (κ3) is 6.39. The van der Waals surface area contributed by atoms with Gasteiger partial charge in [-0.2, -0.15) is 0 Å². The zero-order chi connectivity index (χ0) is 27.0. The summed E-state index contributed by atoms with van der Waals surface area (Å²) in [5.41, 5.74) is 6.21. The van der Waals surface area contributed by atoms with Gasteiger partial charge in [0.1, 0.15) is 28.9 Å². The van der Waals surface area contributed by atoms with Gasteiger partial charge in [-0.1, -0.05) is 12.1 Å². The van der Waals surface area contributed by atoms with E-state index in [9.17, 15) is 9.59 Å². The highest BCUT2D eigenvalue weighted by Gasteiger charge is 2.47. The number of methoxy groups -OCH3 is 1. The highest BCUT2D eigenvalue weighted by atomic mass is 19.1. The molecule has 0 aliphatic heterocycles. The molecule has 3 rings (SSSR count). The van der Waals surface area contributed by atoms with Gasteiger partial charge in [0.15, 0.2) is 0 Å². The minimum atomic E-state index is -2.40. The molecule has 1 aromatic heterocycles. The lowest BCUT2D eigenvalue weighted by Gasteiger charge is -2.32. The van der Waals surface area contributed by atoms with Crippen LogP contribution < -0.4 is 20.5 Å². The van der Waals surface area contributed by atoms with Gasteiger partial charge in [0.25, 0.3) is 5.91 Å². The fraction of sp³-hybridized carbons (Fsp3) is 0.231. The predicted molar refractivity (Wildman–Crippen MR) is 132 cm³/mol. The number of pyridine rings is 1. The number of carbonyl (C=O) groups is 2. The van der Waals surface area contributed by atoms with E-state index in [1.54, 1.807) is 43.5 Å². The lowest BCUT2D eigenvalue weighted by molar-refractivity contribution is -0.232. The molecule has 0 radical (unpaired) electrons. The van der Waals surface area contributed by atoms with Gasteiger partial charge in [0, 0.05) is 43.5 Å². The average Bonchev–Trinajstić information content (AvgIpc) is 2.87. The van der Waals surface area contributed by atoms with E-state index in [0.717, 1.165) is 13.0 Å². The first-order valence-electron chi connectivity index (χ1n) is 11.2. The molecule has 0 aliphatic carbocycles. The molecule has 37 heavy (non-hydrogen) atoms. The Morgan fingerprint density at radius 3 is 2.54 bits per heavy atom. The van der Waals surface area contributed by atoms with Crippen LogP contribution in [-0.2, 0) is 31.4 Å². The number of nitrogen functional groups attached to an aromatic ring is 1. The van der Waals surface area contributed by atoms with Crippen molar-refractivity contribution in [3.05, 3.63) is 83.4 Å². The summed E-state index contributed by atoms with van der Waals surface area (Å²) >= 11 is 0. The number of carbonyl (C=O) groups excluding carboxylic acids is 2. The summed E-state index contributed by atoms with van der Waals surface area (Å²) in [4.78, 5) is 29.5. The molecule has 1 amide bonds. The summed E-state index contributed by atoms with van der Waals surface area (Å²) in [6.45, 7) is 2.46. The summed E-state index contributed by atoms with van der Waals surface area (Å²) in [6.07, 6.45) is 3.08. The minimum absolute atomic E-state index is 0.0746. The molecule has 1 heterocycles. The molecule has 0 aliphatic rings. The van der Waals surface area contributed by atoms with E-state index in [1.165, 1.54) is 25.4 Å². The largest absolute Gasteiger partial charge is 0.497 e. The molecule has 0 bridgehead atoms. The highest BCUT2D eigenvalue weighted by Crippen LogP contribution is 2.33. The number of esters is 1. The van der Waals surface area contributed by atoms with Crippen molar-refractivity contribution in [1.29, 1.82) is 5.41 Å². The molecule has 0 saturated heterocycles. The van der Waals surface area contributed by atoms with Crippen molar-refractivity contribution in [1.82, 2.24) is 10.3 Å². The Morgan fingerprint density at radius 2 is 1.95 bits per heavy atom. The van der Waals surface area contributed by atoms with Crippen molar-refractivity contribution < 1.29 is 32.9 Å².